The lowest BCUT2D eigenvalue weighted by atomic mass is 10.1. The third-order valence-corrected chi connectivity index (χ3v) is 3.50. The summed E-state index contributed by atoms with van der Waals surface area (Å²) in [6.07, 6.45) is 1.24. The van der Waals surface area contributed by atoms with Crippen molar-refractivity contribution in [1.29, 1.82) is 0 Å². The van der Waals surface area contributed by atoms with E-state index in [1.807, 2.05) is 11.9 Å². The van der Waals surface area contributed by atoms with Crippen molar-refractivity contribution < 1.29 is 14.3 Å². The highest BCUT2D eigenvalue weighted by molar-refractivity contribution is 5.97. The van der Waals surface area contributed by atoms with E-state index < -0.39 is 0 Å². The third kappa shape index (κ3) is 3.11. The van der Waals surface area contributed by atoms with Crippen molar-refractivity contribution in [1.82, 2.24) is 4.90 Å². The number of hydrogen-bond acceptors (Lipinski definition) is 3. The molecule has 1 aliphatic rings. The number of likely N-dealkylation sites (N-methyl/N-ethyl adjacent to an activating group) is 1. The number of nitrogens with zero attached hydrogens (tertiary/aromatic N) is 2. The summed E-state index contributed by atoms with van der Waals surface area (Å²) in [4.78, 5) is 16.1. The number of anilines is 1. The van der Waals surface area contributed by atoms with Crippen LogP contribution in [0.15, 0.2) is 24.3 Å². The quantitative estimate of drug-likeness (QED) is 0.895. The number of aliphatic hydroxyl groups excluding tert-OH is 1. The first kappa shape index (κ1) is 14.0. The van der Waals surface area contributed by atoms with Gasteiger partial charge in [-0.1, -0.05) is 6.07 Å². The van der Waals surface area contributed by atoms with Gasteiger partial charge in [-0.25, -0.2) is 4.39 Å². The number of benzene rings is 1. The molecule has 1 aromatic carbocycles. The molecule has 4 nitrogen and oxygen atoms in total. The zero-order valence-corrected chi connectivity index (χ0v) is 11.1. The molecule has 0 bridgehead atoms. The van der Waals surface area contributed by atoms with Crippen LogP contribution in [0.25, 0.3) is 0 Å². The number of carbonyl (C=O) groups is 1. The molecule has 1 atom stereocenters. The predicted molar refractivity (Wildman–Crippen MR) is 71.5 cm³/mol. The Morgan fingerprint density at radius 1 is 1.42 bits per heavy atom. The largest absolute Gasteiger partial charge is 0.396 e. The Morgan fingerprint density at radius 3 is 2.89 bits per heavy atom. The molecule has 2 rings (SSSR count). The number of amides is 1. The van der Waals surface area contributed by atoms with Crippen molar-refractivity contribution in [2.45, 2.75) is 18.9 Å². The minimum atomic E-state index is -0.346. The van der Waals surface area contributed by atoms with Crippen LogP contribution in [-0.4, -0.2) is 48.7 Å². The Labute approximate surface area is 112 Å². The molecule has 0 saturated carbocycles. The van der Waals surface area contributed by atoms with Crippen LogP contribution in [0, 0.1) is 5.82 Å². The minimum absolute atomic E-state index is 0.0300. The molecular formula is C14H19FN2O2. The Hall–Kier alpha value is -1.46. The van der Waals surface area contributed by atoms with Gasteiger partial charge in [0.25, 0.3) is 0 Å². The highest BCUT2D eigenvalue weighted by Crippen LogP contribution is 2.21. The van der Waals surface area contributed by atoms with Crippen molar-refractivity contribution in [2.24, 2.45) is 0 Å². The van der Waals surface area contributed by atoms with Gasteiger partial charge in [0.1, 0.15) is 5.82 Å². The summed E-state index contributed by atoms with van der Waals surface area (Å²) in [7, 11) is 1.88. The topological polar surface area (TPSA) is 43.8 Å². The molecule has 1 fully saturated rings. The fourth-order valence-corrected chi connectivity index (χ4v) is 2.48. The standard InChI is InChI=1S/C14H19FN2O2/c1-16-7-3-8-17(14(19)13(16)6-9-18)12-5-2-4-11(15)10-12/h2,4-5,10,13,18H,3,6-9H2,1H3. The molecule has 1 saturated heterocycles. The fourth-order valence-electron chi connectivity index (χ4n) is 2.48. The number of aliphatic hydroxyl groups is 1. The van der Waals surface area contributed by atoms with E-state index in [0.717, 1.165) is 13.0 Å². The van der Waals surface area contributed by atoms with Gasteiger partial charge in [-0.15, -0.1) is 0 Å². The third-order valence-electron chi connectivity index (χ3n) is 3.50. The average molecular weight is 266 g/mol. The van der Waals surface area contributed by atoms with Crippen molar-refractivity contribution in [2.75, 3.05) is 31.6 Å². The van der Waals surface area contributed by atoms with E-state index in [2.05, 4.69) is 0 Å². The summed E-state index contributed by atoms with van der Waals surface area (Å²) in [5.74, 6) is -0.416. The van der Waals surface area contributed by atoms with E-state index in [1.165, 1.54) is 12.1 Å². The molecular weight excluding hydrogens is 247 g/mol. The zero-order valence-electron chi connectivity index (χ0n) is 11.1. The zero-order chi connectivity index (χ0) is 13.8. The van der Waals surface area contributed by atoms with Gasteiger partial charge in [-0.05, 0) is 38.1 Å². The normalized spacial score (nSPS) is 21.5. The Bertz CT molecular complexity index is 453. The summed E-state index contributed by atoms with van der Waals surface area (Å²) >= 11 is 0. The van der Waals surface area contributed by atoms with Gasteiger partial charge in [-0.2, -0.15) is 0 Å². The molecule has 1 N–H and O–H groups in total. The van der Waals surface area contributed by atoms with Crippen LogP contribution in [0.4, 0.5) is 10.1 Å². The summed E-state index contributed by atoms with van der Waals surface area (Å²) in [6, 6.07) is 5.74. The van der Waals surface area contributed by atoms with Crippen molar-refractivity contribution in [3.63, 3.8) is 0 Å². The lowest BCUT2D eigenvalue weighted by molar-refractivity contribution is -0.123. The molecule has 1 unspecified atom stereocenters. The summed E-state index contributed by atoms with van der Waals surface area (Å²) in [5, 5.41) is 9.09. The summed E-state index contributed by atoms with van der Waals surface area (Å²) in [5.41, 5.74) is 0.586. The van der Waals surface area contributed by atoms with Gasteiger partial charge in [0.15, 0.2) is 0 Å². The van der Waals surface area contributed by atoms with E-state index in [-0.39, 0.29) is 24.4 Å². The molecule has 0 radical (unpaired) electrons. The molecule has 1 aromatic rings. The van der Waals surface area contributed by atoms with Gasteiger partial charge in [-0.3, -0.25) is 9.69 Å². The summed E-state index contributed by atoms with van der Waals surface area (Å²) in [6.45, 7) is 1.34. The van der Waals surface area contributed by atoms with E-state index >= 15 is 0 Å². The van der Waals surface area contributed by atoms with E-state index in [0.29, 0.717) is 18.7 Å². The van der Waals surface area contributed by atoms with Crippen molar-refractivity contribution in [3.05, 3.63) is 30.1 Å². The number of halogens is 1. The highest BCUT2D eigenvalue weighted by atomic mass is 19.1. The number of carbonyl (C=O) groups excluding carboxylic acids is 1. The smallest absolute Gasteiger partial charge is 0.244 e. The van der Waals surface area contributed by atoms with Gasteiger partial charge in [0, 0.05) is 25.4 Å². The van der Waals surface area contributed by atoms with Gasteiger partial charge >= 0.3 is 0 Å². The first-order valence-electron chi connectivity index (χ1n) is 6.51. The molecule has 1 aliphatic heterocycles. The van der Waals surface area contributed by atoms with Crippen LogP contribution in [0.1, 0.15) is 12.8 Å². The van der Waals surface area contributed by atoms with E-state index in [4.69, 9.17) is 5.11 Å². The molecule has 104 valence electrons. The Morgan fingerprint density at radius 2 is 2.21 bits per heavy atom. The molecule has 1 amide bonds. The van der Waals surface area contributed by atoms with Gasteiger partial charge in [0.2, 0.25) is 5.91 Å². The maximum atomic E-state index is 13.3. The van der Waals surface area contributed by atoms with Crippen molar-refractivity contribution in [3.8, 4) is 0 Å². The SMILES string of the molecule is CN1CCCN(c2cccc(F)c2)C(=O)C1CCO. The average Bonchev–Trinajstić information content (AvgIpc) is 2.52. The minimum Gasteiger partial charge on any atom is -0.396 e. The molecule has 1 heterocycles. The van der Waals surface area contributed by atoms with Crippen molar-refractivity contribution >= 4 is 11.6 Å². The van der Waals surface area contributed by atoms with E-state index in [1.54, 1.807) is 17.0 Å². The molecule has 0 aliphatic carbocycles. The molecule has 0 spiro atoms. The maximum absolute atomic E-state index is 13.3. The maximum Gasteiger partial charge on any atom is 0.244 e. The lowest BCUT2D eigenvalue weighted by Crippen LogP contribution is -2.45. The Balaban J connectivity index is 2.26. The number of rotatable bonds is 3. The summed E-state index contributed by atoms with van der Waals surface area (Å²) < 4.78 is 13.3. The van der Waals surface area contributed by atoms with Crippen LogP contribution >= 0.6 is 0 Å². The molecule has 19 heavy (non-hydrogen) atoms. The van der Waals surface area contributed by atoms with E-state index in [9.17, 15) is 9.18 Å². The van der Waals surface area contributed by atoms with Gasteiger partial charge in [0.05, 0.1) is 6.04 Å². The van der Waals surface area contributed by atoms with Crippen LogP contribution < -0.4 is 4.90 Å². The fraction of sp³-hybridized carbons (Fsp3) is 0.500. The first-order valence-corrected chi connectivity index (χ1v) is 6.51. The number of hydrogen-bond donors (Lipinski definition) is 1. The van der Waals surface area contributed by atoms with Crippen LogP contribution in [0.3, 0.4) is 0 Å². The molecule has 5 heteroatoms. The first-order chi connectivity index (χ1) is 9.13. The second kappa shape index (κ2) is 6.12. The predicted octanol–water partition coefficient (Wildman–Crippen LogP) is 1.25. The Kier molecular flexibility index (Phi) is 4.50. The van der Waals surface area contributed by atoms with Crippen LogP contribution in [0.2, 0.25) is 0 Å². The van der Waals surface area contributed by atoms with Crippen LogP contribution in [-0.2, 0) is 4.79 Å². The molecule has 0 aromatic heterocycles. The van der Waals surface area contributed by atoms with Crippen LogP contribution in [0.5, 0.6) is 0 Å². The monoisotopic (exact) mass is 266 g/mol. The van der Waals surface area contributed by atoms with Gasteiger partial charge < -0.3 is 10.0 Å². The second-order valence-electron chi connectivity index (χ2n) is 4.83. The lowest BCUT2D eigenvalue weighted by Gasteiger charge is -2.27. The highest BCUT2D eigenvalue weighted by Gasteiger charge is 2.30. The second-order valence-corrected chi connectivity index (χ2v) is 4.83.